The van der Waals surface area contributed by atoms with E-state index in [0.29, 0.717) is 19.5 Å². The summed E-state index contributed by atoms with van der Waals surface area (Å²) in [5.41, 5.74) is 0.604. The molecule has 19 heavy (non-hydrogen) atoms. The van der Waals surface area contributed by atoms with E-state index in [1.54, 1.807) is 11.0 Å². The molecule has 5 heteroatoms. The van der Waals surface area contributed by atoms with Crippen molar-refractivity contribution in [2.45, 2.75) is 32.2 Å². The van der Waals surface area contributed by atoms with Gasteiger partial charge in [-0.05, 0) is 12.3 Å². The Morgan fingerprint density at radius 2 is 2.26 bits per heavy atom. The van der Waals surface area contributed by atoms with Crippen molar-refractivity contribution in [2.24, 2.45) is 0 Å². The second-order valence-corrected chi connectivity index (χ2v) is 5.09. The van der Waals surface area contributed by atoms with Crippen LogP contribution in [0.25, 0.3) is 0 Å². The molecule has 0 aromatic carbocycles. The predicted molar refractivity (Wildman–Crippen MR) is 73.0 cm³/mol. The molecule has 0 spiro atoms. The number of nitrogens with zero attached hydrogens (tertiary/aromatic N) is 3. The van der Waals surface area contributed by atoms with E-state index in [9.17, 15) is 9.59 Å². The van der Waals surface area contributed by atoms with Gasteiger partial charge < -0.3 is 4.90 Å². The Balaban J connectivity index is 2.26. The molecule has 2 heterocycles. The number of likely N-dealkylation sites (tertiary alicyclic amines) is 1. The molecule has 1 aliphatic rings. The summed E-state index contributed by atoms with van der Waals surface area (Å²) >= 11 is 0. The van der Waals surface area contributed by atoms with Crippen LogP contribution in [0.4, 0.5) is 0 Å². The van der Waals surface area contributed by atoms with Gasteiger partial charge in [-0.15, -0.1) is 6.58 Å². The number of carbonyl (C=O) groups excluding carboxylic acids is 1. The molecule has 1 amide bonds. The highest BCUT2D eigenvalue weighted by molar-refractivity contribution is 5.82. The first-order valence-corrected chi connectivity index (χ1v) is 6.52. The summed E-state index contributed by atoms with van der Waals surface area (Å²) in [5, 5.41) is 0. The van der Waals surface area contributed by atoms with E-state index in [4.69, 9.17) is 0 Å². The van der Waals surface area contributed by atoms with Gasteiger partial charge in [0.05, 0.1) is 12.0 Å². The van der Waals surface area contributed by atoms with Gasteiger partial charge in [0, 0.05) is 19.2 Å². The molecule has 1 aromatic rings. The lowest BCUT2D eigenvalue weighted by Crippen LogP contribution is -2.33. The van der Waals surface area contributed by atoms with E-state index in [0.717, 1.165) is 5.69 Å². The molecule has 0 aliphatic carbocycles. The number of hydrogen-bond donors (Lipinski definition) is 0. The van der Waals surface area contributed by atoms with E-state index < -0.39 is 6.04 Å². The highest BCUT2D eigenvalue weighted by atomic mass is 16.2. The monoisotopic (exact) mass is 261 g/mol. The van der Waals surface area contributed by atoms with E-state index in [1.807, 2.05) is 13.8 Å². The van der Waals surface area contributed by atoms with Gasteiger partial charge in [-0.25, -0.2) is 4.98 Å². The maximum atomic E-state index is 12.2. The quantitative estimate of drug-likeness (QED) is 0.768. The molecular weight excluding hydrogens is 242 g/mol. The van der Waals surface area contributed by atoms with Gasteiger partial charge in [-0.2, -0.15) is 0 Å². The second-order valence-electron chi connectivity index (χ2n) is 5.09. The SMILES string of the molecule is C=CCN1CCC(n2cnc(C(C)C)cc2=O)C1=O. The lowest BCUT2D eigenvalue weighted by atomic mass is 10.1. The molecule has 0 radical (unpaired) electrons. The van der Waals surface area contributed by atoms with Crippen molar-refractivity contribution in [3.63, 3.8) is 0 Å². The minimum absolute atomic E-state index is 0.0268. The van der Waals surface area contributed by atoms with Gasteiger partial charge in [-0.3, -0.25) is 14.2 Å². The molecule has 5 nitrogen and oxygen atoms in total. The van der Waals surface area contributed by atoms with Crippen LogP contribution in [-0.4, -0.2) is 33.4 Å². The predicted octanol–water partition coefficient (Wildman–Crippen LogP) is 1.33. The van der Waals surface area contributed by atoms with Crippen LogP contribution in [0.3, 0.4) is 0 Å². The van der Waals surface area contributed by atoms with E-state index >= 15 is 0 Å². The van der Waals surface area contributed by atoms with E-state index in [2.05, 4.69) is 11.6 Å². The fourth-order valence-electron chi connectivity index (χ4n) is 2.29. The van der Waals surface area contributed by atoms with Crippen LogP contribution < -0.4 is 5.56 Å². The summed E-state index contributed by atoms with van der Waals surface area (Å²) in [7, 11) is 0. The van der Waals surface area contributed by atoms with Crippen molar-refractivity contribution in [1.82, 2.24) is 14.5 Å². The average Bonchev–Trinajstić information content (AvgIpc) is 2.72. The molecule has 1 saturated heterocycles. The first-order valence-electron chi connectivity index (χ1n) is 6.52. The summed E-state index contributed by atoms with van der Waals surface area (Å²) in [4.78, 5) is 30.2. The smallest absolute Gasteiger partial charge is 0.254 e. The van der Waals surface area contributed by atoms with Crippen LogP contribution in [-0.2, 0) is 4.79 Å². The minimum atomic E-state index is -0.416. The Hall–Kier alpha value is -1.91. The minimum Gasteiger partial charge on any atom is -0.337 e. The van der Waals surface area contributed by atoms with Crippen molar-refractivity contribution >= 4 is 5.91 Å². The van der Waals surface area contributed by atoms with Crippen LogP contribution >= 0.6 is 0 Å². The number of hydrogen-bond acceptors (Lipinski definition) is 3. The molecule has 1 fully saturated rings. The lowest BCUT2D eigenvalue weighted by Gasteiger charge is -2.16. The molecule has 1 aromatic heterocycles. The van der Waals surface area contributed by atoms with Crippen molar-refractivity contribution in [2.75, 3.05) is 13.1 Å². The summed E-state index contributed by atoms with van der Waals surface area (Å²) in [6.45, 7) is 8.79. The zero-order valence-corrected chi connectivity index (χ0v) is 11.4. The third-order valence-corrected chi connectivity index (χ3v) is 3.40. The van der Waals surface area contributed by atoms with Gasteiger partial charge in [0.25, 0.3) is 5.56 Å². The molecule has 0 N–H and O–H groups in total. The summed E-state index contributed by atoms with van der Waals surface area (Å²) in [6, 6.07) is 1.11. The zero-order chi connectivity index (χ0) is 14.0. The van der Waals surface area contributed by atoms with Crippen molar-refractivity contribution in [3.8, 4) is 0 Å². The molecule has 1 aliphatic heterocycles. The Labute approximate surface area is 112 Å². The largest absolute Gasteiger partial charge is 0.337 e. The zero-order valence-electron chi connectivity index (χ0n) is 11.4. The molecule has 0 bridgehead atoms. The van der Waals surface area contributed by atoms with Crippen LogP contribution in [0.2, 0.25) is 0 Å². The molecule has 1 atom stereocenters. The topological polar surface area (TPSA) is 55.2 Å². The maximum absolute atomic E-state index is 12.2. The van der Waals surface area contributed by atoms with Gasteiger partial charge in [0.1, 0.15) is 6.04 Å². The Morgan fingerprint density at radius 1 is 1.53 bits per heavy atom. The Bertz CT molecular complexity index is 548. The van der Waals surface area contributed by atoms with Crippen molar-refractivity contribution < 1.29 is 4.79 Å². The second kappa shape index (κ2) is 5.38. The van der Waals surface area contributed by atoms with Gasteiger partial charge >= 0.3 is 0 Å². The molecule has 102 valence electrons. The van der Waals surface area contributed by atoms with Crippen molar-refractivity contribution in [3.05, 3.63) is 41.1 Å². The average molecular weight is 261 g/mol. The summed E-state index contributed by atoms with van der Waals surface area (Å²) < 4.78 is 1.44. The normalized spacial score (nSPS) is 19.2. The Kier molecular flexibility index (Phi) is 3.83. The van der Waals surface area contributed by atoms with Gasteiger partial charge in [-0.1, -0.05) is 19.9 Å². The number of amides is 1. The standard InChI is InChI=1S/C14H19N3O2/c1-4-6-16-7-5-12(14(16)19)17-9-15-11(10(2)3)8-13(17)18/h4,8-10,12H,1,5-7H2,2-3H3. The highest BCUT2D eigenvalue weighted by Gasteiger charge is 2.32. The number of aromatic nitrogens is 2. The number of rotatable bonds is 4. The van der Waals surface area contributed by atoms with Gasteiger partial charge in [0.15, 0.2) is 0 Å². The highest BCUT2D eigenvalue weighted by Crippen LogP contribution is 2.21. The fourth-order valence-corrected chi connectivity index (χ4v) is 2.29. The number of carbonyl (C=O) groups is 1. The van der Waals surface area contributed by atoms with E-state index in [1.165, 1.54) is 17.0 Å². The maximum Gasteiger partial charge on any atom is 0.254 e. The van der Waals surface area contributed by atoms with E-state index in [-0.39, 0.29) is 17.4 Å². The first-order chi connectivity index (χ1) is 9.04. The van der Waals surface area contributed by atoms with Crippen LogP contribution in [0.5, 0.6) is 0 Å². The van der Waals surface area contributed by atoms with Crippen LogP contribution in [0.15, 0.2) is 29.8 Å². The molecular formula is C14H19N3O2. The van der Waals surface area contributed by atoms with Crippen LogP contribution in [0, 0.1) is 0 Å². The molecule has 1 unspecified atom stereocenters. The van der Waals surface area contributed by atoms with Crippen LogP contribution in [0.1, 0.15) is 37.9 Å². The third-order valence-electron chi connectivity index (χ3n) is 3.40. The lowest BCUT2D eigenvalue weighted by molar-refractivity contribution is -0.130. The summed E-state index contributed by atoms with van der Waals surface area (Å²) in [6.07, 6.45) is 3.84. The molecule has 0 saturated carbocycles. The summed E-state index contributed by atoms with van der Waals surface area (Å²) in [5.74, 6) is 0.181. The van der Waals surface area contributed by atoms with Gasteiger partial charge in [0.2, 0.25) is 5.91 Å². The third kappa shape index (κ3) is 2.59. The fraction of sp³-hybridized carbons (Fsp3) is 0.500. The van der Waals surface area contributed by atoms with Crippen molar-refractivity contribution in [1.29, 1.82) is 0 Å². The Morgan fingerprint density at radius 3 is 2.84 bits per heavy atom. The molecule has 2 rings (SSSR count). The first kappa shape index (κ1) is 13.5.